The second-order valence-electron chi connectivity index (χ2n) is 8.09. The fourth-order valence-corrected chi connectivity index (χ4v) is 4.26. The number of nitrogens with one attached hydrogen (secondary N) is 2. The van der Waals surface area contributed by atoms with Gasteiger partial charge in [0.2, 0.25) is 5.91 Å². The molecule has 1 amide bonds. The lowest BCUT2D eigenvalue weighted by atomic mass is 9.91. The molecule has 24 heavy (non-hydrogen) atoms. The topological polar surface area (TPSA) is 41.1 Å². The molecule has 1 saturated heterocycles. The van der Waals surface area contributed by atoms with Gasteiger partial charge in [0.1, 0.15) is 0 Å². The van der Waals surface area contributed by atoms with Crippen molar-refractivity contribution in [3.8, 4) is 0 Å². The molecule has 1 aliphatic carbocycles. The number of hydrogen-bond acceptors (Lipinski definition) is 2. The zero-order valence-electron chi connectivity index (χ0n) is 15.4. The Morgan fingerprint density at radius 3 is 2.50 bits per heavy atom. The van der Waals surface area contributed by atoms with Crippen molar-refractivity contribution in [3.63, 3.8) is 0 Å². The van der Waals surface area contributed by atoms with Crippen molar-refractivity contribution in [1.29, 1.82) is 0 Å². The average molecular weight is 328 g/mol. The highest BCUT2D eigenvalue weighted by atomic mass is 16.2. The molecule has 3 rings (SSSR count). The van der Waals surface area contributed by atoms with Crippen molar-refractivity contribution in [1.82, 2.24) is 10.6 Å². The minimum atomic E-state index is 0.118. The lowest BCUT2D eigenvalue weighted by Crippen LogP contribution is -2.36. The molecule has 2 aliphatic rings. The van der Waals surface area contributed by atoms with E-state index in [0.29, 0.717) is 11.3 Å². The maximum atomic E-state index is 12.8. The van der Waals surface area contributed by atoms with Crippen molar-refractivity contribution >= 4 is 5.91 Å². The molecule has 0 aromatic heterocycles. The first-order valence-electron chi connectivity index (χ1n) is 9.65. The molecule has 132 valence electrons. The SMILES string of the molecule is CCCc1ccc(C(NC(=O)C2CC23CCNCC3)C(C)C)cc1. The van der Waals surface area contributed by atoms with Gasteiger partial charge in [0.25, 0.3) is 0 Å². The minimum absolute atomic E-state index is 0.118. The Balaban J connectivity index is 1.65. The Morgan fingerprint density at radius 1 is 1.25 bits per heavy atom. The molecule has 1 saturated carbocycles. The van der Waals surface area contributed by atoms with Gasteiger partial charge in [-0.1, -0.05) is 51.5 Å². The fraction of sp³-hybridized carbons (Fsp3) is 0.667. The quantitative estimate of drug-likeness (QED) is 0.833. The molecule has 0 radical (unpaired) electrons. The first-order chi connectivity index (χ1) is 11.6. The van der Waals surface area contributed by atoms with E-state index in [4.69, 9.17) is 0 Å². The second kappa shape index (κ2) is 7.26. The highest BCUT2D eigenvalue weighted by Crippen LogP contribution is 2.58. The number of carbonyl (C=O) groups is 1. The highest BCUT2D eigenvalue weighted by molar-refractivity contribution is 5.83. The second-order valence-corrected chi connectivity index (χ2v) is 8.09. The number of aryl methyl sites for hydroxylation is 1. The van der Waals surface area contributed by atoms with Gasteiger partial charge < -0.3 is 10.6 Å². The molecule has 3 heteroatoms. The number of rotatable bonds is 6. The summed E-state index contributed by atoms with van der Waals surface area (Å²) in [5.74, 6) is 0.905. The molecule has 1 heterocycles. The summed E-state index contributed by atoms with van der Waals surface area (Å²) in [6, 6.07) is 8.94. The van der Waals surface area contributed by atoms with E-state index in [1.54, 1.807) is 0 Å². The van der Waals surface area contributed by atoms with Gasteiger partial charge in [0, 0.05) is 5.92 Å². The number of carbonyl (C=O) groups excluding carboxylic acids is 1. The van der Waals surface area contributed by atoms with Crippen LogP contribution in [-0.4, -0.2) is 19.0 Å². The molecular weight excluding hydrogens is 296 g/mol. The Kier molecular flexibility index (Phi) is 5.29. The summed E-state index contributed by atoms with van der Waals surface area (Å²) < 4.78 is 0. The zero-order chi connectivity index (χ0) is 17.2. The normalized spacial score (nSPS) is 23.2. The van der Waals surface area contributed by atoms with E-state index < -0.39 is 0 Å². The molecule has 3 nitrogen and oxygen atoms in total. The van der Waals surface area contributed by atoms with Crippen LogP contribution in [0, 0.1) is 17.3 Å². The van der Waals surface area contributed by atoms with E-state index in [2.05, 4.69) is 55.7 Å². The van der Waals surface area contributed by atoms with Crippen LogP contribution in [0.15, 0.2) is 24.3 Å². The first-order valence-corrected chi connectivity index (χ1v) is 9.65. The molecule has 1 aliphatic heterocycles. The molecule has 0 bridgehead atoms. The molecule has 2 unspecified atom stereocenters. The van der Waals surface area contributed by atoms with Crippen LogP contribution in [0.25, 0.3) is 0 Å². The zero-order valence-corrected chi connectivity index (χ0v) is 15.4. The lowest BCUT2D eigenvalue weighted by molar-refractivity contribution is -0.124. The van der Waals surface area contributed by atoms with Crippen LogP contribution < -0.4 is 10.6 Å². The molecule has 2 fully saturated rings. The van der Waals surface area contributed by atoms with Crippen LogP contribution in [-0.2, 0) is 11.2 Å². The van der Waals surface area contributed by atoms with Gasteiger partial charge in [-0.15, -0.1) is 0 Å². The largest absolute Gasteiger partial charge is 0.349 e. The summed E-state index contributed by atoms with van der Waals surface area (Å²) in [5, 5.41) is 6.77. The third-order valence-corrected chi connectivity index (χ3v) is 5.95. The summed E-state index contributed by atoms with van der Waals surface area (Å²) >= 11 is 0. The Hall–Kier alpha value is -1.35. The third kappa shape index (κ3) is 3.66. The standard InChI is InChI=1S/C21H32N2O/c1-4-5-16-6-8-17(9-7-16)19(15(2)3)23-20(24)18-14-21(18)10-12-22-13-11-21/h6-9,15,18-19,22H,4-5,10-14H2,1-3H3,(H,23,24). The summed E-state index contributed by atoms with van der Waals surface area (Å²) in [5.41, 5.74) is 2.92. The van der Waals surface area contributed by atoms with Crippen LogP contribution in [0.5, 0.6) is 0 Å². The van der Waals surface area contributed by atoms with Crippen LogP contribution >= 0.6 is 0 Å². The van der Waals surface area contributed by atoms with Gasteiger partial charge in [-0.25, -0.2) is 0 Å². The average Bonchev–Trinajstić information content (AvgIpc) is 3.27. The maximum Gasteiger partial charge on any atom is 0.224 e. The number of hydrogen-bond donors (Lipinski definition) is 2. The smallest absolute Gasteiger partial charge is 0.224 e. The molecule has 2 N–H and O–H groups in total. The predicted octanol–water partition coefficient (Wildman–Crippen LogP) is 3.84. The van der Waals surface area contributed by atoms with Gasteiger partial charge in [-0.05, 0) is 61.2 Å². The Bertz CT molecular complexity index is 558. The van der Waals surface area contributed by atoms with Crippen molar-refractivity contribution in [2.24, 2.45) is 17.3 Å². The molecule has 1 spiro atoms. The van der Waals surface area contributed by atoms with E-state index in [1.807, 2.05) is 0 Å². The van der Waals surface area contributed by atoms with E-state index in [0.717, 1.165) is 38.8 Å². The van der Waals surface area contributed by atoms with Crippen molar-refractivity contribution in [2.75, 3.05) is 13.1 Å². The van der Waals surface area contributed by atoms with Crippen LogP contribution in [0.1, 0.15) is 63.6 Å². The lowest BCUT2D eigenvalue weighted by Gasteiger charge is -2.26. The molecule has 1 aromatic rings. The van der Waals surface area contributed by atoms with Crippen LogP contribution in [0.4, 0.5) is 0 Å². The first kappa shape index (κ1) is 17.5. The van der Waals surface area contributed by atoms with Crippen molar-refractivity contribution in [3.05, 3.63) is 35.4 Å². The summed E-state index contributed by atoms with van der Waals surface area (Å²) in [7, 11) is 0. The van der Waals surface area contributed by atoms with E-state index >= 15 is 0 Å². The Labute approximate surface area is 146 Å². The number of benzene rings is 1. The maximum absolute atomic E-state index is 12.8. The van der Waals surface area contributed by atoms with Gasteiger partial charge in [-0.3, -0.25) is 4.79 Å². The molecule has 2 atom stereocenters. The number of amides is 1. The van der Waals surface area contributed by atoms with Gasteiger partial charge in [0.15, 0.2) is 0 Å². The van der Waals surface area contributed by atoms with Gasteiger partial charge >= 0.3 is 0 Å². The third-order valence-electron chi connectivity index (χ3n) is 5.95. The fourth-order valence-electron chi connectivity index (χ4n) is 4.26. The van der Waals surface area contributed by atoms with E-state index in [1.165, 1.54) is 17.5 Å². The summed E-state index contributed by atoms with van der Waals surface area (Å²) in [6.07, 6.45) is 5.69. The van der Waals surface area contributed by atoms with Crippen molar-refractivity contribution < 1.29 is 4.79 Å². The minimum Gasteiger partial charge on any atom is -0.349 e. The van der Waals surface area contributed by atoms with Crippen LogP contribution in [0.2, 0.25) is 0 Å². The predicted molar refractivity (Wildman–Crippen MR) is 98.8 cm³/mol. The molecule has 1 aromatic carbocycles. The van der Waals surface area contributed by atoms with Crippen LogP contribution in [0.3, 0.4) is 0 Å². The highest BCUT2D eigenvalue weighted by Gasteiger charge is 2.57. The Morgan fingerprint density at radius 2 is 1.92 bits per heavy atom. The summed E-state index contributed by atoms with van der Waals surface area (Å²) in [4.78, 5) is 12.8. The number of piperidine rings is 1. The monoisotopic (exact) mass is 328 g/mol. The van der Waals surface area contributed by atoms with Crippen molar-refractivity contribution in [2.45, 2.75) is 58.9 Å². The van der Waals surface area contributed by atoms with Gasteiger partial charge in [-0.2, -0.15) is 0 Å². The molecular formula is C21H32N2O. The van der Waals surface area contributed by atoms with Gasteiger partial charge in [0.05, 0.1) is 6.04 Å². The van der Waals surface area contributed by atoms with E-state index in [-0.39, 0.29) is 17.9 Å². The van der Waals surface area contributed by atoms with E-state index in [9.17, 15) is 4.79 Å². The summed E-state index contributed by atoms with van der Waals surface area (Å²) in [6.45, 7) is 8.72.